The lowest BCUT2D eigenvalue weighted by Crippen LogP contribution is -2.62. The molecule has 0 spiro atoms. The molecule has 0 saturated carbocycles. The van der Waals surface area contributed by atoms with Crippen molar-refractivity contribution in [2.75, 3.05) is 25.9 Å². The normalized spacial score (nSPS) is 23.8. The quantitative estimate of drug-likeness (QED) is 0.427. The Bertz CT molecular complexity index is 1480. The van der Waals surface area contributed by atoms with E-state index in [1.807, 2.05) is 27.0 Å². The zero-order valence-electron chi connectivity index (χ0n) is 23.3. The van der Waals surface area contributed by atoms with E-state index in [9.17, 15) is 14.7 Å². The van der Waals surface area contributed by atoms with Crippen LogP contribution in [0, 0.1) is 5.82 Å². The van der Waals surface area contributed by atoms with Crippen molar-refractivity contribution in [3.05, 3.63) is 58.8 Å². The Morgan fingerprint density at radius 3 is 2.40 bits per heavy atom. The molecule has 1 amide bonds. The van der Waals surface area contributed by atoms with Gasteiger partial charge in [-0.2, -0.15) is 0 Å². The molecule has 1 aromatic carbocycles. The number of aryl methyl sites for hydroxylation is 1. The van der Waals surface area contributed by atoms with Gasteiger partial charge in [0.05, 0.1) is 5.69 Å². The number of methoxy groups -OCH3 is 1. The average Bonchev–Trinajstić information content (AvgIpc) is 3.09. The standard InChI is InChI=1S/C29H34FN5O5/c1-28-9-10-29(2,35(28)27(37)38)16-19(15-28)34(4)25-7-6-23(31-32-25)21-13-22(30)20(14-24(21)40-17-39-5)18-8-11-33(3)26(36)12-18/h6-8,11-14,19H,9-10,15-17H2,1-5H3,(H,37,38)/t19?,28-,29?/m0/s1. The first-order valence-electron chi connectivity index (χ1n) is 13.2. The van der Waals surface area contributed by atoms with Gasteiger partial charge in [-0.3, -0.25) is 9.69 Å². The number of benzene rings is 1. The molecule has 0 aliphatic carbocycles. The highest BCUT2D eigenvalue weighted by Gasteiger charge is 2.58. The predicted octanol–water partition coefficient (Wildman–Crippen LogP) is 4.52. The van der Waals surface area contributed by atoms with E-state index in [0.717, 1.165) is 12.8 Å². The summed E-state index contributed by atoms with van der Waals surface area (Å²) in [6, 6.07) is 9.57. The van der Waals surface area contributed by atoms with Gasteiger partial charge >= 0.3 is 6.09 Å². The number of rotatable bonds is 7. The van der Waals surface area contributed by atoms with Gasteiger partial charge in [0.25, 0.3) is 5.56 Å². The third-order valence-electron chi connectivity index (χ3n) is 8.48. The van der Waals surface area contributed by atoms with Crippen LogP contribution in [0.4, 0.5) is 15.0 Å². The van der Waals surface area contributed by atoms with Gasteiger partial charge in [0, 0.05) is 61.7 Å². The zero-order chi connectivity index (χ0) is 28.8. The SMILES string of the molecule is COCOc1cc(-c2ccn(C)c(=O)c2)c(F)cc1-c1ccc(N(C)C2CC3(C)CC[C@@](C)(C2)N3C(=O)O)nn1. The van der Waals surface area contributed by atoms with E-state index in [-0.39, 0.29) is 24.0 Å². The third-order valence-corrected chi connectivity index (χ3v) is 8.48. The molecule has 2 aliphatic heterocycles. The van der Waals surface area contributed by atoms with Crippen molar-refractivity contribution in [2.45, 2.75) is 56.7 Å². The number of hydrogen-bond donors (Lipinski definition) is 1. The maximum Gasteiger partial charge on any atom is 0.408 e. The molecular formula is C29H34FN5O5. The smallest absolute Gasteiger partial charge is 0.408 e. The van der Waals surface area contributed by atoms with E-state index in [0.29, 0.717) is 41.2 Å². The molecule has 40 heavy (non-hydrogen) atoms. The number of nitrogens with zero attached hydrogens (tertiary/aromatic N) is 5. The molecule has 2 saturated heterocycles. The Hall–Kier alpha value is -3.99. The number of aromatic nitrogens is 3. The van der Waals surface area contributed by atoms with Crippen LogP contribution in [0.3, 0.4) is 0 Å². The number of hydrogen-bond acceptors (Lipinski definition) is 7. The Balaban J connectivity index is 1.43. The van der Waals surface area contributed by atoms with Gasteiger partial charge in [0.2, 0.25) is 0 Å². The van der Waals surface area contributed by atoms with Crippen LogP contribution >= 0.6 is 0 Å². The van der Waals surface area contributed by atoms with Gasteiger partial charge in [0.15, 0.2) is 12.6 Å². The van der Waals surface area contributed by atoms with Crippen molar-refractivity contribution in [1.82, 2.24) is 19.7 Å². The summed E-state index contributed by atoms with van der Waals surface area (Å²) >= 11 is 0. The summed E-state index contributed by atoms with van der Waals surface area (Å²) in [5.74, 6) is 0.451. The van der Waals surface area contributed by atoms with Crippen molar-refractivity contribution < 1.29 is 23.8 Å². The van der Waals surface area contributed by atoms with Gasteiger partial charge < -0.3 is 24.0 Å². The molecule has 1 N–H and O–H groups in total. The molecule has 5 rings (SSSR count). The first-order chi connectivity index (χ1) is 19.0. The minimum absolute atomic E-state index is 0.0601. The molecule has 2 fully saturated rings. The molecule has 10 nitrogen and oxygen atoms in total. The minimum Gasteiger partial charge on any atom is -0.467 e. The molecule has 2 aromatic heterocycles. The molecule has 212 valence electrons. The van der Waals surface area contributed by atoms with Crippen LogP contribution in [-0.2, 0) is 11.8 Å². The van der Waals surface area contributed by atoms with Crippen LogP contribution in [0.25, 0.3) is 22.4 Å². The highest BCUT2D eigenvalue weighted by molar-refractivity contribution is 5.75. The first-order valence-corrected chi connectivity index (χ1v) is 13.2. The lowest BCUT2D eigenvalue weighted by atomic mass is 9.82. The second-order valence-electron chi connectivity index (χ2n) is 11.3. The maximum atomic E-state index is 15.3. The summed E-state index contributed by atoms with van der Waals surface area (Å²) in [4.78, 5) is 27.9. The number of carboxylic acid groups (broad SMARTS) is 1. The van der Waals surface area contributed by atoms with Crippen LogP contribution in [0.5, 0.6) is 5.75 Å². The van der Waals surface area contributed by atoms with E-state index in [4.69, 9.17) is 9.47 Å². The molecule has 2 bridgehead atoms. The summed E-state index contributed by atoms with van der Waals surface area (Å²) in [6.07, 6.45) is 3.76. The fraction of sp³-hybridized carbons (Fsp3) is 0.448. The van der Waals surface area contributed by atoms with Gasteiger partial charge in [-0.15, -0.1) is 10.2 Å². The van der Waals surface area contributed by atoms with Crippen molar-refractivity contribution >= 4 is 11.9 Å². The van der Waals surface area contributed by atoms with Crippen molar-refractivity contribution in [3.8, 4) is 28.1 Å². The third kappa shape index (κ3) is 4.78. The van der Waals surface area contributed by atoms with E-state index >= 15 is 4.39 Å². The summed E-state index contributed by atoms with van der Waals surface area (Å²) in [5.41, 5.74) is 0.357. The van der Waals surface area contributed by atoms with Crippen molar-refractivity contribution in [1.29, 1.82) is 0 Å². The number of carbonyl (C=O) groups is 1. The van der Waals surface area contributed by atoms with Crippen LogP contribution in [0.2, 0.25) is 0 Å². The first kappa shape index (κ1) is 27.6. The second-order valence-corrected chi connectivity index (χ2v) is 11.3. The van der Waals surface area contributed by atoms with E-state index in [1.54, 1.807) is 30.3 Å². The summed E-state index contributed by atoms with van der Waals surface area (Å²) in [6.45, 7) is 3.98. The fourth-order valence-corrected chi connectivity index (χ4v) is 6.40. The Morgan fingerprint density at radius 1 is 1.12 bits per heavy atom. The molecule has 4 heterocycles. The van der Waals surface area contributed by atoms with Gasteiger partial charge in [-0.05, 0) is 75.4 Å². The number of fused-ring (bicyclic) bond motifs is 2. The van der Waals surface area contributed by atoms with Crippen LogP contribution in [0.1, 0.15) is 39.5 Å². The largest absolute Gasteiger partial charge is 0.467 e. The number of pyridine rings is 1. The Kier molecular flexibility index (Phi) is 7.03. The fourth-order valence-electron chi connectivity index (χ4n) is 6.40. The van der Waals surface area contributed by atoms with Crippen LogP contribution in [-0.4, -0.2) is 68.9 Å². The van der Waals surface area contributed by atoms with Crippen molar-refractivity contribution in [2.24, 2.45) is 7.05 Å². The number of amides is 1. The van der Waals surface area contributed by atoms with Crippen LogP contribution in [0.15, 0.2) is 47.4 Å². The maximum absolute atomic E-state index is 15.3. The predicted molar refractivity (Wildman–Crippen MR) is 148 cm³/mol. The molecule has 0 radical (unpaired) electrons. The monoisotopic (exact) mass is 551 g/mol. The molecule has 2 unspecified atom stereocenters. The highest BCUT2D eigenvalue weighted by Crippen LogP contribution is 2.51. The van der Waals surface area contributed by atoms with Gasteiger partial charge in [0.1, 0.15) is 11.6 Å². The van der Waals surface area contributed by atoms with Gasteiger partial charge in [-0.1, -0.05) is 0 Å². The van der Waals surface area contributed by atoms with E-state index in [1.165, 1.54) is 29.9 Å². The molecule has 3 atom stereocenters. The van der Waals surface area contributed by atoms with E-state index < -0.39 is 23.0 Å². The molecular weight excluding hydrogens is 517 g/mol. The van der Waals surface area contributed by atoms with Crippen molar-refractivity contribution in [3.63, 3.8) is 0 Å². The summed E-state index contributed by atoms with van der Waals surface area (Å²) in [5, 5.41) is 18.7. The number of ether oxygens (including phenoxy) is 2. The summed E-state index contributed by atoms with van der Waals surface area (Å²) in [7, 11) is 5.06. The average molecular weight is 552 g/mol. The lowest BCUT2D eigenvalue weighted by Gasteiger charge is -2.51. The second kappa shape index (κ2) is 10.2. The van der Waals surface area contributed by atoms with Gasteiger partial charge in [-0.25, -0.2) is 9.18 Å². The molecule has 3 aromatic rings. The number of piperidine rings is 1. The van der Waals surface area contributed by atoms with Crippen LogP contribution < -0.4 is 15.2 Å². The topological polar surface area (TPSA) is 110 Å². The molecule has 11 heteroatoms. The Morgan fingerprint density at radius 2 is 1.82 bits per heavy atom. The lowest BCUT2D eigenvalue weighted by molar-refractivity contribution is 0.0131. The van der Waals surface area contributed by atoms with E-state index in [2.05, 4.69) is 15.1 Å². The minimum atomic E-state index is -0.868. The summed E-state index contributed by atoms with van der Waals surface area (Å²) < 4.78 is 27.6. The molecule has 2 aliphatic rings. The highest BCUT2D eigenvalue weighted by atomic mass is 19.1. The number of halogens is 1. The Labute approximate surface area is 232 Å². The zero-order valence-corrected chi connectivity index (χ0v) is 23.3. The number of anilines is 1.